The highest BCUT2D eigenvalue weighted by Gasteiger charge is 2.04. The molecule has 0 bridgehead atoms. The van der Waals surface area contributed by atoms with Gasteiger partial charge in [-0.3, -0.25) is 5.43 Å². The third-order valence-corrected chi connectivity index (χ3v) is 4.17. The molecule has 120 valence electrons. The van der Waals surface area contributed by atoms with Crippen molar-refractivity contribution in [2.24, 2.45) is 5.10 Å². The third-order valence-electron chi connectivity index (χ3n) is 3.18. The first kappa shape index (κ1) is 16.2. The number of hydrogen-bond donors (Lipinski definition) is 2. The number of anilines is 1. The number of hydrogen-bond acceptors (Lipinski definition) is 5. The van der Waals surface area contributed by atoms with Crippen molar-refractivity contribution in [3.05, 3.63) is 70.1 Å². The lowest BCUT2D eigenvalue weighted by Crippen LogP contribution is -1.96. The predicted octanol–water partition coefficient (Wildman–Crippen LogP) is 4.61. The summed E-state index contributed by atoms with van der Waals surface area (Å²) in [7, 11) is 0. The van der Waals surface area contributed by atoms with Crippen LogP contribution in [0.1, 0.15) is 15.9 Å². The smallest absolute Gasteiger partial charge is 0.335 e. The van der Waals surface area contributed by atoms with E-state index in [1.54, 1.807) is 18.3 Å². The number of benzene rings is 2. The first-order valence-corrected chi connectivity index (χ1v) is 8.21. The number of carbonyl (C=O) groups is 1. The van der Waals surface area contributed by atoms with Gasteiger partial charge < -0.3 is 5.11 Å². The Bertz CT molecular complexity index is 874. The standard InChI is InChI=1S/C17H12ClN3O2S/c18-14-7-5-12(6-8-14)15-10-24-17(20-15)21-19-9-11-1-3-13(4-2-11)16(22)23/h1-10H,(H,20,21)(H,22,23)/b19-9+. The van der Waals surface area contributed by atoms with Gasteiger partial charge in [0.1, 0.15) is 0 Å². The highest BCUT2D eigenvalue weighted by molar-refractivity contribution is 7.14. The van der Waals surface area contributed by atoms with Gasteiger partial charge in [0.25, 0.3) is 0 Å². The van der Waals surface area contributed by atoms with Gasteiger partial charge in [-0.2, -0.15) is 5.10 Å². The lowest BCUT2D eigenvalue weighted by molar-refractivity contribution is 0.0697. The summed E-state index contributed by atoms with van der Waals surface area (Å²) in [6.45, 7) is 0. The molecule has 3 aromatic rings. The van der Waals surface area contributed by atoms with Crippen LogP contribution in [-0.2, 0) is 0 Å². The normalized spacial score (nSPS) is 10.9. The van der Waals surface area contributed by atoms with Crippen LogP contribution in [0, 0.1) is 0 Å². The molecule has 2 aromatic carbocycles. The quantitative estimate of drug-likeness (QED) is 0.516. The van der Waals surface area contributed by atoms with Crippen LogP contribution in [0.4, 0.5) is 5.13 Å². The van der Waals surface area contributed by atoms with Crippen molar-refractivity contribution in [1.82, 2.24) is 4.98 Å². The van der Waals surface area contributed by atoms with Gasteiger partial charge in [0.2, 0.25) is 5.13 Å². The Labute approximate surface area is 147 Å². The van der Waals surface area contributed by atoms with Crippen molar-refractivity contribution in [3.8, 4) is 11.3 Å². The Morgan fingerprint density at radius 2 is 1.88 bits per heavy atom. The zero-order valence-corrected chi connectivity index (χ0v) is 13.9. The van der Waals surface area contributed by atoms with E-state index in [0.29, 0.717) is 10.2 Å². The summed E-state index contributed by atoms with van der Waals surface area (Å²) in [5.41, 5.74) is 5.73. The highest BCUT2D eigenvalue weighted by Crippen LogP contribution is 2.25. The van der Waals surface area contributed by atoms with Gasteiger partial charge in [-0.25, -0.2) is 9.78 Å². The van der Waals surface area contributed by atoms with Gasteiger partial charge in [0.15, 0.2) is 0 Å². The molecular weight excluding hydrogens is 346 g/mol. The Hall–Kier alpha value is -2.70. The van der Waals surface area contributed by atoms with E-state index in [-0.39, 0.29) is 5.56 Å². The largest absolute Gasteiger partial charge is 0.478 e. The minimum absolute atomic E-state index is 0.243. The highest BCUT2D eigenvalue weighted by atomic mass is 35.5. The molecule has 1 heterocycles. The number of hydrazone groups is 1. The van der Waals surface area contributed by atoms with Crippen molar-refractivity contribution in [1.29, 1.82) is 0 Å². The van der Waals surface area contributed by atoms with Gasteiger partial charge in [-0.1, -0.05) is 35.9 Å². The topological polar surface area (TPSA) is 74.6 Å². The molecule has 0 saturated carbocycles. The second-order valence-electron chi connectivity index (χ2n) is 4.84. The minimum atomic E-state index is -0.950. The number of aromatic nitrogens is 1. The summed E-state index contributed by atoms with van der Waals surface area (Å²) in [6.07, 6.45) is 1.61. The Morgan fingerprint density at radius 1 is 1.17 bits per heavy atom. The molecule has 1 aromatic heterocycles. The molecule has 0 atom stereocenters. The molecule has 0 fully saturated rings. The zero-order chi connectivity index (χ0) is 16.9. The molecule has 0 aliphatic heterocycles. The molecule has 0 unspecified atom stereocenters. The number of nitrogens with zero attached hydrogens (tertiary/aromatic N) is 2. The lowest BCUT2D eigenvalue weighted by atomic mass is 10.1. The maximum Gasteiger partial charge on any atom is 0.335 e. The van der Waals surface area contributed by atoms with Crippen LogP contribution in [0.5, 0.6) is 0 Å². The molecule has 0 radical (unpaired) electrons. The zero-order valence-electron chi connectivity index (χ0n) is 12.3. The third kappa shape index (κ3) is 3.98. The van der Waals surface area contributed by atoms with Crippen LogP contribution in [0.25, 0.3) is 11.3 Å². The van der Waals surface area contributed by atoms with Crippen LogP contribution >= 0.6 is 22.9 Å². The summed E-state index contributed by atoms with van der Waals surface area (Å²) in [5.74, 6) is -0.950. The van der Waals surface area contributed by atoms with E-state index < -0.39 is 5.97 Å². The van der Waals surface area contributed by atoms with E-state index in [2.05, 4.69) is 15.5 Å². The Balaban J connectivity index is 1.64. The molecular formula is C17H12ClN3O2S. The van der Waals surface area contributed by atoms with Gasteiger partial charge in [-0.15, -0.1) is 11.3 Å². The molecule has 5 nitrogen and oxygen atoms in total. The summed E-state index contributed by atoms with van der Waals surface area (Å²) < 4.78 is 0. The molecule has 24 heavy (non-hydrogen) atoms. The summed E-state index contributed by atoms with van der Waals surface area (Å²) in [4.78, 5) is 15.2. The van der Waals surface area contributed by atoms with Crippen molar-refractivity contribution < 1.29 is 9.90 Å². The summed E-state index contributed by atoms with van der Waals surface area (Å²) in [5, 5.41) is 16.2. The number of rotatable bonds is 5. The van der Waals surface area contributed by atoms with E-state index >= 15 is 0 Å². The van der Waals surface area contributed by atoms with E-state index in [4.69, 9.17) is 16.7 Å². The molecule has 0 spiro atoms. The van der Waals surface area contributed by atoms with Crippen molar-refractivity contribution in [3.63, 3.8) is 0 Å². The second-order valence-corrected chi connectivity index (χ2v) is 6.14. The first-order valence-electron chi connectivity index (χ1n) is 6.96. The number of nitrogens with one attached hydrogen (secondary N) is 1. The van der Waals surface area contributed by atoms with Gasteiger partial charge >= 0.3 is 5.97 Å². The van der Waals surface area contributed by atoms with E-state index in [1.807, 2.05) is 29.6 Å². The first-order chi connectivity index (χ1) is 11.6. The fourth-order valence-corrected chi connectivity index (χ4v) is 2.75. The van der Waals surface area contributed by atoms with Crippen molar-refractivity contribution in [2.75, 3.05) is 5.43 Å². The van der Waals surface area contributed by atoms with Crippen molar-refractivity contribution >= 4 is 40.3 Å². The van der Waals surface area contributed by atoms with E-state index in [1.165, 1.54) is 23.5 Å². The minimum Gasteiger partial charge on any atom is -0.478 e. The van der Waals surface area contributed by atoms with Crippen LogP contribution in [0.2, 0.25) is 5.02 Å². The molecule has 0 aliphatic rings. The maximum atomic E-state index is 10.8. The Morgan fingerprint density at radius 3 is 2.54 bits per heavy atom. The second kappa shape index (κ2) is 7.25. The van der Waals surface area contributed by atoms with Crippen LogP contribution in [-0.4, -0.2) is 22.3 Å². The van der Waals surface area contributed by atoms with Crippen LogP contribution in [0.15, 0.2) is 59.0 Å². The number of carboxylic acids is 1. The number of carboxylic acid groups (broad SMARTS) is 1. The molecule has 2 N–H and O–H groups in total. The van der Waals surface area contributed by atoms with Gasteiger partial charge in [0, 0.05) is 16.0 Å². The average Bonchev–Trinajstić information content (AvgIpc) is 3.05. The fourth-order valence-electron chi connectivity index (χ4n) is 1.95. The maximum absolute atomic E-state index is 10.8. The number of thiazole rings is 1. The van der Waals surface area contributed by atoms with E-state index in [0.717, 1.165) is 16.8 Å². The molecule has 0 amide bonds. The van der Waals surface area contributed by atoms with Gasteiger partial charge in [-0.05, 0) is 29.8 Å². The predicted molar refractivity (Wildman–Crippen MR) is 97.2 cm³/mol. The lowest BCUT2D eigenvalue weighted by Gasteiger charge is -1.97. The molecule has 0 aliphatic carbocycles. The Kier molecular flexibility index (Phi) is 4.88. The number of halogens is 1. The van der Waals surface area contributed by atoms with Crippen molar-refractivity contribution in [2.45, 2.75) is 0 Å². The average molecular weight is 358 g/mol. The molecule has 3 rings (SSSR count). The SMILES string of the molecule is O=C(O)c1ccc(/C=N/Nc2nc(-c3ccc(Cl)cc3)cs2)cc1. The van der Waals surface area contributed by atoms with Gasteiger partial charge in [0.05, 0.1) is 17.5 Å². The van der Waals surface area contributed by atoms with Crippen LogP contribution < -0.4 is 5.43 Å². The fraction of sp³-hybridized carbons (Fsp3) is 0. The monoisotopic (exact) mass is 357 g/mol. The molecule has 7 heteroatoms. The van der Waals surface area contributed by atoms with E-state index in [9.17, 15) is 4.79 Å². The number of aromatic carboxylic acids is 1. The molecule has 0 saturated heterocycles. The summed E-state index contributed by atoms with van der Waals surface area (Å²) in [6, 6.07) is 13.9. The summed E-state index contributed by atoms with van der Waals surface area (Å²) >= 11 is 7.32. The van der Waals surface area contributed by atoms with Crippen LogP contribution in [0.3, 0.4) is 0 Å².